The van der Waals surface area contributed by atoms with Crippen molar-refractivity contribution in [3.05, 3.63) is 23.8 Å². The van der Waals surface area contributed by atoms with Gasteiger partial charge in [0.05, 0.1) is 16.7 Å². The van der Waals surface area contributed by atoms with E-state index in [4.69, 9.17) is 9.31 Å². The van der Waals surface area contributed by atoms with Crippen LogP contribution < -0.4 is 5.46 Å². The van der Waals surface area contributed by atoms with Crippen LogP contribution in [0.15, 0.2) is 12.1 Å². The van der Waals surface area contributed by atoms with Gasteiger partial charge in [-0.25, -0.2) is 9.37 Å². The van der Waals surface area contributed by atoms with E-state index in [1.807, 2.05) is 40.7 Å². The van der Waals surface area contributed by atoms with Gasteiger partial charge in [-0.05, 0) is 65.6 Å². The van der Waals surface area contributed by atoms with Crippen LogP contribution in [0.5, 0.6) is 0 Å². The number of hydrogen-bond donors (Lipinski definition) is 0. The molecule has 0 bridgehead atoms. The second-order valence-electron chi connectivity index (χ2n) is 7.74. The van der Waals surface area contributed by atoms with Gasteiger partial charge in [-0.15, -0.1) is 0 Å². The van der Waals surface area contributed by atoms with Crippen molar-refractivity contribution in [3.63, 3.8) is 0 Å². The molecule has 1 fully saturated rings. The summed E-state index contributed by atoms with van der Waals surface area (Å²) in [4.78, 5) is 4.41. The van der Waals surface area contributed by atoms with Crippen LogP contribution in [0.3, 0.4) is 0 Å². The van der Waals surface area contributed by atoms with E-state index in [1.165, 1.54) is 6.07 Å². The summed E-state index contributed by atoms with van der Waals surface area (Å²) in [7, 11) is -0.575. The molecule has 1 atom stereocenters. The number of aromatic nitrogens is 2. The monoisotopic (exact) mass is 332 g/mol. The predicted octanol–water partition coefficient (Wildman–Crippen LogP) is 3.75. The van der Waals surface area contributed by atoms with E-state index in [0.717, 1.165) is 17.8 Å². The third-order valence-corrected chi connectivity index (χ3v) is 5.50. The first-order valence-corrected chi connectivity index (χ1v) is 8.61. The first-order valence-electron chi connectivity index (χ1n) is 8.61. The lowest BCUT2D eigenvalue weighted by Crippen LogP contribution is -2.41. The molecule has 1 aliphatic heterocycles. The topological polar surface area (TPSA) is 36.3 Å². The Morgan fingerprint density at radius 3 is 2.33 bits per heavy atom. The van der Waals surface area contributed by atoms with E-state index in [2.05, 4.69) is 23.4 Å². The molecule has 1 aliphatic rings. The van der Waals surface area contributed by atoms with Crippen LogP contribution in [0.1, 0.15) is 59.8 Å². The minimum Gasteiger partial charge on any atom is -0.399 e. The van der Waals surface area contributed by atoms with Gasteiger partial charge in [0.25, 0.3) is 0 Å². The standard InChI is InChI=1S/C18H26BFN2O2/c1-8-11(2)22-12(3)21-16-14(20)9-13(10-15(16)22)19-23-17(4,5)18(6,7)24-19/h9-11H,8H2,1-7H3. The lowest BCUT2D eigenvalue weighted by atomic mass is 9.79. The van der Waals surface area contributed by atoms with E-state index in [9.17, 15) is 4.39 Å². The number of nitrogens with zero attached hydrogens (tertiary/aromatic N) is 2. The Morgan fingerprint density at radius 1 is 1.21 bits per heavy atom. The van der Waals surface area contributed by atoms with Gasteiger partial charge in [0, 0.05) is 6.04 Å². The van der Waals surface area contributed by atoms with Gasteiger partial charge >= 0.3 is 7.12 Å². The molecule has 24 heavy (non-hydrogen) atoms. The molecule has 0 aliphatic carbocycles. The van der Waals surface area contributed by atoms with E-state index in [0.29, 0.717) is 11.0 Å². The number of imidazole rings is 1. The maximum absolute atomic E-state index is 14.7. The van der Waals surface area contributed by atoms with Crippen LogP contribution in [-0.2, 0) is 9.31 Å². The van der Waals surface area contributed by atoms with Gasteiger partial charge in [0.1, 0.15) is 11.3 Å². The molecular weight excluding hydrogens is 306 g/mol. The molecule has 6 heteroatoms. The van der Waals surface area contributed by atoms with Crippen molar-refractivity contribution in [2.75, 3.05) is 0 Å². The number of halogens is 1. The molecule has 1 aromatic carbocycles. The summed E-state index contributed by atoms with van der Waals surface area (Å²) in [6.07, 6.45) is 0.953. The lowest BCUT2D eigenvalue weighted by molar-refractivity contribution is 0.00578. The zero-order valence-corrected chi connectivity index (χ0v) is 15.6. The summed E-state index contributed by atoms with van der Waals surface area (Å²) in [6.45, 7) is 14.1. The molecule has 0 spiro atoms. The minimum atomic E-state index is -0.575. The Balaban J connectivity index is 2.11. The van der Waals surface area contributed by atoms with Gasteiger partial charge < -0.3 is 13.9 Å². The summed E-state index contributed by atoms with van der Waals surface area (Å²) in [5, 5.41) is 0. The van der Waals surface area contributed by atoms with Crippen LogP contribution in [0.25, 0.3) is 11.0 Å². The van der Waals surface area contributed by atoms with E-state index in [1.54, 1.807) is 0 Å². The fourth-order valence-electron chi connectivity index (χ4n) is 3.14. The van der Waals surface area contributed by atoms with Gasteiger partial charge in [-0.1, -0.05) is 6.92 Å². The maximum atomic E-state index is 14.7. The molecule has 2 heterocycles. The third-order valence-electron chi connectivity index (χ3n) is 5.50. The minimum absolute atomic E-state index is 0.253. The molecule has 0 amide bonds. The summed E-state index contributed by atoms with van der Waals surface area (Å²) >= 11 is 0. The average Bonchev–Trinajstić information content (AvgIpc) is 2.92. The normalized spacial score (nSPS) is 20.8. The second-order valence-corrected chi connectivity index (χ2v) is 7.74. The van der Waals surface area contributed by atoms with Gasteiger partial charge in [-0.2, -0.15) is 0 Å². The Hall–Kier alpha value is -1.40. The van der Waals surface area contributed by atoms with Crippen molar-refractivity contribution < 1.29 is 13.7 Å². The fraction of sp³-hybridized carbons (Fsp3) is 0.611. The van der Waals surface area contributed by atoms with Crippen LogP contribution in [0.4, 0.5) is 4.39 Å². The molecular formula is C18H26BFN2O2. The highest BCUT2D eigenvalue weighted by atomic mass is 19.1. The second kappa shape index (κ2) is 5.56. The van der Waals surface area contributed by atoms with Crippen molar-refractivity contribution in [3.8, 4) is 0 Å². The zero-order valence-electron chi connectivity index (χ0n) is 15.6. The first kappa shape index (κ1) is 17.4. The van der Waals surface area contributed by atoms with Crippen molar-refractivity contribution in [1.29, 1.82) is 0 Å². The van der Waals surface area contributed by atoms with Gasteiger partial charge in [0.15, 0.2) is 5.82 Å². The number of aryl methyl sites for hydroxylation is 1. The van der Waals surface area contributed by atoms with Gasteiger partial charge in [-0.3, -0.25) is 0 Å². The van der Waals surface area contributed by atoms with Crippen molar-refractivity contribution in [1.82, 2.24) is 9.55 Å². The van der Waals surface area contributed by atoms with Crippen LogP contribution >= 0.6 is 0 Å². The molecule has 1 aromatic heterocycles. The summed E-state index contributed by atoms with van der Waals surface area (Å²) in [5.74, 6) is 0.492. The number of hydrogen-bond acceptors (Lipinski definition) is 3. The SMILES string of the molecule is CCC(C)n1c(C)nc2c(F)cc(B3OC(C)(C)C(C)(C)O3)cc21. The molecule has 4 nitrogen and oxygen atoms in total. The Kier molecular flexibility index (Phi) is 4.04. The van der Waals surface area contributed by atoms with Crippen LogP contribution in [0.2, 0.25) is 0 Å². The average molecular weight is 332 g/mol. The number of benzene rings is 1. The molecule has 1 saturated heterocycles. The van der Waals surface area contributed by atoms with E-state index < -0.39 is 18.3 Å². The molecule has 0 radical (unpaired) electrons. The zero-order chi connectivity index (χ0) is 17.9. The van der Waals surface area contributed by atoms with E-state index in [-0.39, 0.29) is 11.9 Å². The lowest BCUT2D eigenvalue weighted by Gasteiger charge is -2.32. The summed E-state index contributed by atoms with van der Waals surface area (Å²) in [5.41, 5.74) is 1.01. The molecule has 1 unspecified atom stereocenters. The smallest absolute Gasteiger partial charge is 0.399 e. The Labute approximate surface area is 143 Å². The Bertz CT molecular complexity index is 769. The molecule has 2 aromatic rings. The Morgan fingerprint density at radius 2 is 1.79 bits per heavy atom. The summed E-state index contributed by atoms with van der Waals surface area (Å²) in [6, 6.07) is 3.69. The van der Waals surface area contributed by atoms with Crippen molar-refractivity contribution >= 4 is 23.6 Å². The van der Waals surface area contributed by atoms with E-state index >= 15 is 0 Å². The predicted molar refractivity (Wildman–Crippen MR) is 95.1 cm³/mol. The molecule has 130 valence electrons. The molecule has 3 rings (SSSR count). The van der Waals surface area contributed by atoms with Crippen LogP contribution in [-0.4, -0.2) is 27.9 Å². The first-order chi connectivity index (χ1) is 11.1. The molecule has 0 saturated carbocycles. The van der Waals surface area contributed by atoms with Crippen molar-refractivity contribution in [2.45, 2.75) is 72.1 Å². The van der Waals surface area contributed by atoms with Crippen molar-refractivity contribution in [2.24, 2.45) is 0 Å². The summed E-state index contributed by atoms with van der Waals surface area (Å²) < 4.78 is 28.9. The molecule has 0 N–H and O–H groups in total. The highest BCUT2D eigenvalue weighted by molar-refractivity contribution is 6.62. The van der Waals surface area contributed by atoms with Crippen LogP contribution in [0, 0.1) is 12.7 Å². The quantitative estimate of drug-likeness (QED) is 0.803. The largest absolute Gasteiger partial charge is 0.495 e. The fourth-order valence-corrected chi connectivity index (χ4v) is 3.14. The highest BCUT2D eigenvalue weighted by Crippen LogP contribution is 2.37. The van der Waals surface area contributed by atoms with Gasteiger partial charge in [0.2, 0.25) is 0 Å². The third kappa shape index (κ3) is 2.56. The number of rotatable bonds is 3. The number of fused-ring (bicyclic) bond motifs is 1. The highest BCUT2D eigenvalue weighted by Gasteiger charge is 2.51. The maximum Gasteiger partial charge on any atom is 0.495 e.